The number of hydrogen-bond acceptors (Lipinski definition) is 1. The molecule has 0 atom stereocenters. The van der Waals surface area contributed by atoms with Crippen LogP contribution in [-0.4, -0.2) is 13.6 Å². The molecule has 0 heterocycles. The lowest BCUT2D eigenvalue weighted by Gasteiger charge is -1.98. The molecule has 0 amide bonds. The smallest absolute Gasteiger partial charge is 0.139 e. The van der Waals surface area contributed by atoms with Gasteiger partial charge in [0, 0.05) is 6.42 Å². The van der Waals surface area contributed by atoms with Crippen molar-refractivity contribution in [2.24, 2.45) is 0 Å². The van der Waals surface area contributed by atoms with E-state index >= 15 is 0 Å². The molecule has 0 aromatic heterocycles. The zero-order valence-electron chi connectivity index (χ0n) is 7.63. The molecule has 1 aromatic rings. The van der Waals surface area contributed by atoms with Crippen molar-refractivity contribution in [3.05, 3.63) is 29.8 Å². The molecule has 1 nitrogen and oxygen atoms in total. The molecule has 62 valence electrons. The van der Waals surface area contributed by atoms with E-state index in [0.29, 0.717) is 6.42 Å². The summed E-state index contributed by atoms with van der Waals surface area (Å²) in [6.07, 6.45) is 1.53. The summed E-state index contributed by atoms with van der Waals surface area (Å²) < 4.78 is 0. The lowest BCUT2D eigenvalue weighted by atomic mass is 9.94. The Labute approximate surface area is 74.2 Å². The van der Waals surface area contributed by atoms with Crippen LogP contribution in [0.4, 0.5) is 0 Å². The van der Waals surface area contributed by atoms with Crippen molar-refractivity contribution < 1.29 is 4.79 Å². The van der Waals surface area contributed by atoms with Gasteiger partial charge in [-0.3, -0.25) is 0 Å². The molecule has 0 spiro atoms. The van der Waals surface area contributed by atoms with Gasteiger partial charge < -0.3 is 4.79 Å². The van der Waals surface area contributed by atoms with E-state index in [1.807, 2.05) is 0 Å². The van der Waals surface area contributed by atoms with Gasteiger partial charge in [0.05, 0.1) is 0 Å². The van der Waals surface area contributed by atoms with Crippen LogP contribution in [-0.2, 0) is 11.2 Å². The van der Waals surface area contributed by atoms with E-state index in [-0.39, 0.29) is 5.78 Å². The van der Waals surface area contributed by atoms with E-state index in [2.05, 4.69) is 32.1 Å². The van der Waals surface area contributed by atoms with Crippen LogP contribution < -0.4 is 5.46 Å². The summed E-state index contributed by atoms with van der Waals surface area (Å²) in [5, 5.41) is 0. The Kier molecular flexibility index (Phi) is 3.09. The number of benzene rings is 1. The van der Waals surface area contributed by atoms with Crippen LogP contribution >= 0.6 is 0 Å². The van der Waals surface area contributed by atoms with Crippen molar-refractivity contribution in [1.29, 1.82) is 0 Å². The Morgan fingerprint density at radius 3 is 2.42 bits per heavy atom. The molecule has 12 heavy (non-hydrogen) atoms. The van der Waals surface area contributed by atoms with E-state index in [9.17, 15) is 4.79 Å². The molecule has 0 aliphatic rings. The Balaban J connectivity index is 2.53. The maximum Gasteiger partial charge on any atom is 0.139 e. The van der Waals surface area contributed by atoms with E-state index in [0.717, 1.165) is 6.42 Å². The normalized spacial score (nSPS) is 9.75. The minimum absolute atomic E-state index is 0.260. The van der Waals surface area contributed by atoms with Crippen LogP contribution in [0.5, 0.6) is 0 Å². The molecule has 1 aromatic carbocycles. The molecule has 0 N–H and O–H groups in total. The molecule has 0 radical (unpaired) electrons. The average molecular weight is 160 g/mol. The van der Waals surface area contributed by atoms with Crippen molar-refractivity contribution in [2.45, 2.75) is 19.8 Å². The highest BCUT2D eigenvalue weighted by molar-refractivity contribution is 6.32. The largest absolute Gasteiger partial charge is 0.300 e. The SMILES string of the molecule is Bc1ccc(CCC(C)=O)cc1. The maximum absolute atomic E-state index is 10.7. The van der Waals surface area contributed by atoms with Gasteiger partial charge in [-0.1, -0.05) is 29.7 Å². The van der Waals surface area contributed by atoms with Gasteiger partial charge in [-0.15, -0.1) is 0 Å². The molecular formula is C10H13BO. The first-order chi connectivity index (χ1) is 5.68. The van der Waals surface area contributed by atoms with Gasteiger partial charge in [-0.25, -0.2) is 0 Å². The fourth-order valence-corrected chi connectivity index (χ4v) is 1.08. The van der Waals surface area contributed by atoms with Crippen LogP contribution in [0.25, 0.3) is 0 Å². The number of carbonyl (C=O) groups is 1. The van der Waals surface area contributed by atoms with Crippen LogP contribution in [0, 0.1) is 0 Å². The van der Waals surface area contributed by atoms with Gasteiger partial charge >= 0.3 is 0 Å². The third kappa shape index (κ3) is 2.91. The van der Waals surface area contributed by atoms with Gasteiger partial charge in [0.15, 0.2) is 0 Å². The number of Topliss-reactive ketones (excluding diaryl/α,β-unsaturated/α-hetero) is 1. The fraction of sp³-hybridized carbons (Fsp3) is 0.300. The summed E-state index contributed by atoms with van der Waals surface area (Å²) in [4.78, 5) is 10.7. The van der Waals surface area contributed by atoms with Crippen molar-refractivity contribution in [1.82, 2.24) is 0 Å². The third-order valence-electron chi connectivity index (χ3n) is 1.89. The summed E-state index contributed by atoms with van der Waals surface area (Å²) in [6.45, 7) is 1.63. The third-order valence-corrected chi connectivity index (χ3v) is 1.89. The van der Waals surface area contributed by atoms with Crippen molar-refractivity contribution >= 4 is 19.1 Å². The highest BCUT2D eigenvalue weighted by atomic mass is 16.1. The molecule has 0 aliphatic heterocycles. The molecule has 0 unspecified atom stereocenters. The maximum atomic E-state index is 10.7. The summed E-state index contributed by atoms with van der Waals surface area (Å²) >= 11 is 0. The van der Waals surface area contributed by atoms with Crippen LogP contribution in [0.15, 0.2) is 24.3 Å². The second-order valence-corrected chi connectivity index (χ2v) is 3.19. The molecule has 0 saturated heterocycles. The summed E-state index contributed by atoms with van der Waals surface area (Å²) in [5.41, 5.74) is 2.51. The molecule has 0 aliphatic carbocycles. The molecular weight excluding hydrogens is 147 g/mol. The van der Waals surface area contributed by atoms with Crippen molar-refractivity contribution in [3.8, 4) is 0 Å². The first kappa shape index (κ1) is 9.05. The van der Waals surface area contributed by atoms with Gasteiger partial charge in [0.25, 0.3) is 0 Å². The zero-order valence-corrected chi connectivity index (χ0v) is 7.63. The molecule has 0 fully saturated rings. The Bertz CT molecular complexity index is 264. The highest BCUT2D eigenvalue weighted by Crippen LogP contribution is 2.00. The predicted molar refractivity (Wildman–Crippen MR) is 53.6 cm³/mol. The van der Waals surface area contributed by atoms with Crippen molar-refractivity contribution in [3.63, 3.8) is 0 Å². The molecule has 0 bridgehead atoms. The first-order valence-corrected chi connectivity index (χ1v) is 4.23. The zero-order chi connectivity index (χ0) is 8.97. The topological polar surface area (TPSA) is 17.1 Å². The van der Waals surface area contributed by atoms with Crippen LogP contribution in [0.3, 0.4) is 0 Å². The molecule has 0 saturated carbocycles. The summed E-state index contributed by atoms with van der Waals surface area (Å²) in [5.74, 6) is 0.260. The lowest BCUT2D eigenvalue weighted by Crippen LogP contribution is -2.01. The van der Waals surface area contributed by atoms with Gasteiger partial charge in [0.1, 0.15) is 13.6 Å². The minimum atomic E-state index is 0.260. The monoisotopic (exact) mass is 160 g/mol. The van der Waals surface area contributed by atoms with Gasteiger partial charge in [0.2, 0.25) is 0 Å². The van der Waals surface area contributed by atoms with E-state index < -0.39 is 0 Å². The van der Waals surface area contributed by atoms with E-state index in [1.165, 1.54) is 11.0 Å². The van der Waals surface area contributed by atoms with E-state index in [4.69, 9.17) is 0 Å². The van der Waals surface area contributed by atoms with Crippen LogP contribution in [0.2, 0.25) is 0 Å². The lowest BCUT2D eigenvalue weighted by molar-refractivity contribution is -0.116. The van der Waals surface area contributed by atoms with Gasteiger partial charge in [-0.2, -0.15) is 0 Å². The Morgan fingerprint density at radius 1 is 1.33 bits per heavy atom. The van der Waals surface area contributed by atoms with E-state index in [1.54, 1.807) is 6.92 Å². The first-order valence-electron chi connectivity index (χ1n) is 4.23. The standard InChI is InChI=1S/C10H13BO/c1-8(12)2-3-9-4-6-10(11)7-5-9/h4-7H,2-3,11H2,1H3. The average Bonchev–Trinajstić information content (AvgIpc) is 2.03. The minimum Gasteiger partial charge on any atom is -0.300 e. The fourth-order valence-electron chi connectivity index (χ4n) is 1.08. The van der Waals surface area contributed by atoms with Gasteiger partial charge in [-0.05, 0) is 18.9 Å². The summed E-state index contributed by atoms with van der Waals surface area (Å²) in [6, 6.07) is 8.32. The van der Waals surface area contributed by atoms with Crippen molar-refractivity contribution in [2.75, 3.05) is 0 Å². The number of carbonyl (C=O) groups excluding carboxylic acids is 1. The quantitative estimate of drug-likeness (QED) is 0.587. The predicted octanol–water partition coefficient (Wildman–Crippen LogP) is 0.467. The number of hydrogen-bond donors (Lipinski definition) is 0. The number of rotatable bonds is 3. The number of aryl methyl sites for hydroxylation is 1. The summed E-state index contributed by atoms with van der Waals surface area (Å²) in [7, 11) is 2.06. The van der Waals surface area contributed by atoms with Crippen LogP contribution in [0.1, 0.15) is 18.9 Å². The molecule has 2 heteroatoms. The Hall–Kier alpha value is -1.05. The molecule has 1 rings (SSSR count). The Morgan fingerprint density at radius 2 is 1.92 bits per heavy atom. The second-order valence-electron chi connectivity index (χ2n) is 3.19. The number of ketones is 1. The second kappa shape index (κ2) is 4.10. The highest BCUT2D eigenvalue weighted by Gasteiger charge is 1.95.